The fraction of sp³-hybridized carbons (Fsp3) is 0.643. The molecule has 18 heavy (non-hydrogen) atoms. The molecule has 0 saturated heterocycles. The van der Waals surface area contributed by atoms with Gasteiger partial charge in [-0.1, -0.05) is 31.9 Å². The van der Waals surface area contributed by atoms with Gasteiger partial charge in [0.1, 0.15) is 6.10 Å². The second-order valence-corrected chi connectivity index (χ2v) is 4.63. The molecule has 0 aromatic heterocycles. The molecule has 0 radical (unpaired) electrons. The van der Waals surface area contributed by atoms with Crippen LogP contribution in [0.3, 0.4) is 0 Å². The Labute approximate surface area is 108 Å². The van der Waals surface area contributed by atoms with Gasteiger partial charge in [-0.2, -0.15) is 0 Å². The zero-order valence-electron chi connectivity index (χ0n) is 10.8. The van der Waals surface area contributed by atoms with Gasteiger partial charge >= 0.3 is 0 Å². The van der Waals surface area contributed by atoms with E-state index < -0.39 is 18.8 Å². The van der Waals surface area contributed by atoms with Crippen molar-refractivity contribution in [2.75, 3.05) is 6.61 Å². The van der Waals surface area contributed by atoms with Crippen LogP contribution in [0.5, 0.6) is 0 Å². The number of ketones is 1. The van der Waals surface area contributed by atoms with Crippen molar-refractivity contribution in [2.24, 2.45) is 0 Å². The van der Waals surface area contributed by atoms with Gasteiger partial charge in [-0.05, 0) is 18.4 Å². The Bertz CT molecular complexity index is 344. The van der Waals surface area contributed by atoms with Crippen LogP contribution in [0.15, 0.2) is 23.3 Å². The summed E-state index contributed by atoms with van der Waals surface area (Å²) < 4.78 is 0. The summed E-state index contributed by atoms with van der Waals surface area (Å²) in [5.41, 5.74) is 0.581. The minimum Gasteiger partial charge on any atom is -0.392 e. The normalized spacial score (nSPS) is 25.2. The maximum absolute atomic E-state index is 11.6. The van der Waals surface area contributed by atoms with E-state index in [4.69, 9.17) is 0 Å². The summed E-state index contributed by atoms with van der Waals surface area (Å²) in [6.45, 7) is 1.73. The van der Waals surface area contributed by atoms with Crippen molar-refractivity contribution >= 4 is 5.78 Å². The summed E-state index contributed by atoms with van der Waals surface area (Å²) in [6, 6.07) is 0. The van der Waals surface area contributed by atoms with Crippen molar-refractivity contribution < 1.29 is 20.1 Å². The van der Waals surface area contributed by atoms with Crippen LogP contribution >= 0.6 is 0 Å². The Hall–Kier alpha value is -0.970. The molecule has 1 aliphatic carbocycles. The van der Waals surface area contributed by atoms with E-state index in [1.165, 1.54) is 0 Å². The van der Waals surface area contributed by atoms with Gasteiger partial charge in [0.15, 0.2) is 5.78 Å². The van der Waals surface area contributed by atoms with Crippen molar-refractivity contribution in [3.63, 3.8) is 0 Å². The lowest BCUT2D eigenvalue weighted by Crippen LogP contribution is -2.37. The highest BCUT2D eigenvalue weighted by atomic mass is 16.3. The quantitative estimate of drug-likeness (QED) is 0.620. The Morgan fingerprint density at radius 1 is 1.33 bits per heavy atom. The summed E-state index contributed by atoms with van der Waals surface area (Å²) >= 11 is 0. The average Bonchev–Trinajstić information content (AvgIpc) is 2.35. The zero-order valence-corrected chi connectivity index (χ0v) is 10.8. The van der Waals surface area contributed by atoms with Gasteiger partial charge in [-0.25, -0.2) is 0 Å². The fourth-order valence-electron chi connectivity index (χ4n) is 2.07. The highest BCUT2D eigenvalue weighted by Crippen LogP contribution is 2.24. The van der Waals surface area contributed by atoms with Crippen molar-refractivity contribution in [1.29, 1.82) is 0 Å². The van der Waals surface area contributed by atoms with Crippen molar-refractivity contribution in [3.05, 3.63) is 23.3 Å². The molecule has 1 aliphatic rings. The van der Waals surface area contributed by atoms with Crippen LogP contribution in [0.25, 0.3) is 0 Å². The lowest BCUT2D eigenvalue weighted by atomic mass is 9.86. The summed E-state index contributed by atoms with van der Waals surface area (Å²) in [5, 5.41) is 28.6. The van der Waals surface area contributed by atoms with Crippen LogP contribution < -0.4 is 0 Å². The van der Waals surface area contributed by atoms with Gasteiger partial charge in [0.25, 0.3) is 0 Å². The summed E-state index contributed by atoms with van der Waals surface area (Å²) in [5.74, 6) is -0.288. The molecule has 0 aliphatic heterocycles. The third-order valence-electron chi connectivity index (χ3n) is 3.19. The molecule has 2 atom stereocenters. The molecule has 0 fully saturated rings. The topological polar surface area (TPSA) is 77.8 Å². The Kier molecular flexibility index (Phi) is 6.25. The number of unbranched alkanes of at least 4 members (excludes halogenated alkanes) is 3. The molecular formula is C14H22O4. The number of hydrogen-bond acceptors (Lipinski definition) is 4. The molecule has 3 N–H and O–H groups in total. The van der Waals surface area contributed by atoms with E-state index in [9.17, 15) is 20.1 Å². The number of carbonyl (C=O) groups excluding carboxylic acids is 1. The van der Waals surface area contributed by atoms with E-state index in [1.807, 2.05) is 6.08 Å². The molecule has 0 bridgehead atoms. The first kappa shape index (κ1) is 15.1. The SMILES string of the molecule is CCCCCC=CC1=C(CO)C(=O)C[C@H](O)[C@@H]1O. The first-order valence-corrected chi connectivity index (χ1v) is 6.51. The summed E-state index contributed by atoms with van der Waals surface area (Å²) in [7, 11) is 0. The molecule has 0 spiro atoms. The van der Waals surface area contributed by atoms with E-state index in [-0.39, 0.29) is 17.8 Å². The Morgan fingerprint density at radius 3 is 2.67 bits per heavy atom. The van der Waals surface area contributed by atoms with Crippen LogP contribution in [0.1, 0.15) is 39.0 Å². The number of allylic oxidation sites excluding steroid dienone is 1. The van der Waals surface area contributed by atoms with E-state index in [1.54, 1.807) is 6.08 Å². The van der Waals surface area contributed by atoms with E-state index in [2.05, 4.69) is 6.92 Å². The first-order valence-electron chi connectivity index (χ1n) is 6.51. The predicted octanol–water partition coefficient (Wildman–Crippen LogP) is 1.11. The summed E-state index contributed by atoms with van der Waals surface area (Å²) in [6.07, 6.45) is 5.48. The molecule has 0 amide bonds. The monoisotopic (exact) mass is 254 g/mol. The maximum Gasteiger partial charge on any atom is 0.164 e. The lowest BCUT2D eigenvalue weighted by molar-refractivity contribution is -0.120. The molecule has 4 heteroatoms. The maximum atomic E-state index is 11.6. The van der Waals surface area contributed by atoms with E-state index in [0.717, 1.165) is 25.7 Å². The lowest BCUT2D eigenvalue weighted by Gasteiger charge is -2.26. The third-order valence-corrected chi connectivity index (χ3v) is 3.19. The average molecular weight is 254 g/mol. The minimum absolute atomic E-state index is 0.121. The van der Waals surface area contributed by atoms with Gasteiger partial charge in [0.2, 0.25) is 0 Å². The van der Waals surface area contributed by atoms with Gasteiger partial charge in [0.05, 0.1) is 12.7 Å². The number of aliphatic hydroxyl groups excluding tert-OH is 3. The van der Waals surface area contributed by atoms with Crippen molar-refractivity contribution in [1.82, 2.24) is 0 Å². The largest absolute Gasteiger partial charge is 0.392 e. The summed E-state index contributed by atoms with van der Waals surface area (Å²) in [4.78, 5) is 11.6. The van der Waals surface area contributed by atoms with Gasteiger partial charge in [0, 0.05) is 12.0 Å². The molecule has 0 saturated carbocycles. The number of aliphatic hydroxyl groups is 3. The Balaban J connectivity index is 2.76. The van der Waals surface area contributed by atoms with Crippen LogP contribution in [-0.4, -0.2) is 39.9 Å². The van der Waals surface area contributed by atoms with E-state index >= 15 is 0 Å². The first-order chi connectivity index (χ1) is 8.61. The van der Waals surface area contributed by atoms with Gasteiger partial charge in [-0.15, -0.1) is 0 Å². The molecule has 0 unspecified atom stereocenters. The van der Waals surface area contributed by atoms with Crippen molar-refractivity contribution in [2.45, 2.75) is 51.2 Å². The van der Waals surface area contributed by atoms with E-state index in [0.29, 0.717) is 5.57 Å². The molecular weight excluding hydrogens is 232 g/mol. The fourth-order valence-corrected chi connectivity index (χ4v) is 2.07. The molecule has 0 aromatic rings. The molecule has 0 heterocycles. The zero-order chi connectivity index (χ0) is 13.5. The number of Topliss-reactive ketones (excluding diaryl/α,β-unsaturated/α-hetero) is 1. The minimum atomic E-state index is -1.08. The molecule has 102 valence electrons. The van der Waals surface area contributed by atoms with Crippen LogP contribution in [0, 0.1) is 0 Å². The second-order valence-electron chi connectivity index (χ2n) is 4.63. The molecule has 4 nitrogen and oxygen atoms in total. The standard InChI is InChI=1S/C14H22O4/c1-2-3-4-5-6-7-10-11(9-15)12(16)8-13(17)14(10)18/h6-7,13-15,17-18H,2-5,8-9H2,1H3/t13-,14+/m0/s1. The smallest absolute Gasteiger partial charge is 0.164 e. The number of hydrogen-bond donors (Lipinski definition) is 3. The van der Waals surface area contributed by atoms with Crippen LogP contribution in [-0.2, 0) is 4.79 Å². The van der Waals surface area contributed by atoms with Crippen LogP contribution in [0.2, 0.25) is 0 Å². The van der Waals surface area contributed by atoms with Gasteiger partial charge in [-0.3, -0.25) is 4.79 Å². The second kappa shape index (κ2) is 7.46. The predicted molar refractivity (Wildman–Crippen MR) is 69.0 cm³/mol. The molecule has 1 rings (SSSR count). The van der Waals surface area contributed by atoms with Crippen LogP contribution in [0.4, 0.5) is 0 Å². The van der Waals surface area contributed by atoms with Gasteiger partial charge < -0.3 is 15.3 Å². The Morgan fingerprint density at radius 2 is 2.06 bits per heavy atom. The highest BCUT2D eigenvalue weighted by Gasteiger charge is 2.32. The number of rotatable bonds is 6. The molecule has 0 aromatic carbocycles. The third kappa shape index (κ3) is 3.77. The highest BCUT2D eigenvalue weighted by molar-refractivity contribution is 5.98. The van der Waals surface area contributed by atoms with Crippen molar-refractivity contribution in [3.8, 4) is 0 Å². The number of carbonyl (C=O) groups is 1.